The highest BCUT2D eigenvalue weighted by atomic mass is 35.5. The van der Waals surface area contributed by atoms with Crippen LogP contribution in [0.4, 0.5) is 10.1 Å². The Hall–Kier alpha value is -3.36. The normalized spacial score (nSPS) is 10.1. The summed E-state index contributed by atoms with van der Waals surface area (Å²) in [6.45, 7) is 0.199. The molecule has 0 radical (unpaired) electrons. The van der Waals surface area contributed by atoms with Crippen LogP contribution in [0.15, 0.2) is 66.7 Å². The number of para-hydroxylation sites is 1. The van der Waals surface area contributed by atoms with Gasteiger partial charge in [-0.3, -0.25) is 4.79 Å². The Morgan fingerprint density at radius 1 is 1.11 bits per heavy atom. The van der Waals surface area contributed by atoms with Crippen molar-refractivity contribution in [1.82, 2.24) is 0 Å². The molecule has 1 N–H and O–H groups in total. The van der Waals surface area contributed by atoms with E-state index in [4.69, 9.17) is 21.6 Å². The molecule has 1 amide bonds. The lowest BCUT2D eigenvalue weighted by Gasteiger charge is -2.12. The van der Waals surface area contributed by atoms with Gasteiger partial charge in [-0.15, -0.1) is 0 Å². The van der Waals surface area contributed by atoms with Crippen molar-refractivity contribution in [1.29, 1.82) is 5.26 Å². The molecule has 0 fully saturated rings. The lowest BCUT2D eigenvalue weighted by Crippen LogP contribution is -2.13. The highest BCUT2D eigenvalue weighted by Gasteiger charge is 2.13. The van der Waals surface area contributed by atoms with Crippen LogP contribution in [0, 0.1) is 17.1 Å². The first-order chi connectivity index (χ1) is 13.1. The van der Waals surface area contributed by atoms with Crippen molar-refractivity contribution in [3.8, 4) is 11.8 Å². The van der Waals surface area contributed by atoms with E-state index >= 15 is 0 Å². The standard InChI is InChI=1S/C21H14ClFN2O2/c22-19-10-9-17(11-15(19)12-24)25-21(26)18-3-1-2-4-20(18)27-13-14-5-7-16(23)8-6-14/h1-11H,13H2,(H,25,26). The van der Waals surface area contributed by atoms with E-state index in [0.717, 1.165) is 5.56 Å². The van der Waals surface area contributed by atoms with Crippen LogP contribution < -0.4 is 10.1 Å². The van der Waals surface area contributed by atoms with Gasteiger partial charge in [0.05, 0.1) is 16.1 Å². The molecule has 3 aromatic rings. The summed E-state index contributed by atoms with van der Waals surface area (Å²) in [6.07, 6.45) is 0. The first-order valence-electron chi connectivity index (χ1n) is 8.04. The minimum atomic E-state index is -0.379. The van der Waals surface area contributed by atoms with E-state index in [1.54, 1.807) is 48.5 Å². The molecule has 27 heavy (non-hydrogen) atoms. The molecule has 0 aliphatic heterocycles. The summed E-state index contributed by atoms with van der Waals surface area (Å²) in [4.78, 5) is 12.6. The molecule has 0 saturated carbocycles. The summed E-state index contributed by atoms with van der Waals surface area (Å²) >= 11 is 5.91. The van der Waals surface area contributed by atoms with Crippen molar-refractivity contribution < 1.29 is 13.9 Å². The van der Waals surface area contributed by atoms with Gasteiger partial charge in [0.25, 0.3) is 5.91 Å². The van der Waals surface area contributed by atoms with Crippen LogP contribution in [0.3, 0.4) is 0 Å². The number of carbonyl (C=O) groups excluding carboxylic acids is 1. The number of nitriles is 1. The van der Waals surface area contributed by atoms with Crippen molar-refractivity contribution in [3.05, 3.63) is 94.3 Å². The third-order valence-corrected chi connectivity index (χ3v) is 4.11. The second kappa shape index (κ2) is 8.35. The number of hydrogen-bond donors (Lipinski definition) is 1. The van der Waals surface area contributed by atoms with E-state index in [1.807, 2.05) is 6.07 Å². The number of halogens is 2. The molecule has 6 heteroatoms. The second-order valence-corrected chi connectivity index (χ2v) is 6.08. The van der Waals surface area contributed by atoms with Crippen molar-refractivity contribution in [2.45, 2.75) is 6.61 Å². The van der Waals surface area contributed by atoms with E-state index in [2.05, 4.69) is 5.32 Å². The molecule has 0 aromatic heterocycles. The summed E-state index contributed by atoms with van der Waals surface area (Å²) in [5, 5.41) is 12.1. The van der Waals surface area contributed by atoms with Crippen molar-refractivity contribution in [2.24, 2.45) is 0 Å². The molecule has 3 aromatic carbocycles. The van der Waals surface area contributed by atoms with Gasteiger partial charge in [-0.2, -0.15) is 5.26 Å². The topological polar surface area (TPSA) is 62.1 Å². The molecular weight excluding hydrogens is 367 g/mol. The molecule has 0 unspecified atom stereocenters. The average Bonchev–Trinajstić information content (AvgIpc) is 2.69. The molecule has 0 atom stereocenters. The minimum Gasteiger partial charge on any atom is -0.488 e. The van der Waals surface area contributed by atoms with Gasteiger partial charge in [0, 0.05) is 5.69 Å². The average molecular weight is 381 g/mol. The molecule has 0 bridgehead atoms. The molecule has 4 nitrogen and oxygen atoms in total. The van der Waals surface area contributed by atoms with E-state index in [0.29, 0.717) is 22.0 Å². The van der Waals surface area contributed by atoms with Gasteiger partial charge < -0.3 is 10.1 Å². The highest BCUT2D eigenvalue weighted by Crippen LogP contribution is 2.23. The quantitative estimate of drug-likeness (QED) is 0.663. The van der Waals surface area contributed by atoms with Crippen molar-refractivity contribution in [3.63, 3.8) is 0 Å². The Balaban J connectivity index is 1.75. The first kappa shape index (κ1) is 18.4. The molecule has 0 aliphatic rings. The highest BCUT2D eigenvalue weighted by molar-refractivity contribution is 6.31. The Morgan fingerprint density at radius 2 is 1.85 bits per heavy atom. The van der Waals surface area contributed by atoms with Crippen molar-refractivity contribution in [2.75, 3.05) is 5.32 Å². The third kappa shape index (κ3) is 4.63. The fourth-order valence-corrected chi connectivity index (χ4v) is 2.57. The van der Waals surface area contributed by atoms with E-state index in [-0.39, 0.29) is 23.9 Å². The zero-order valence-electron chi connectivity index (χ0n) is 14.1. The van der Waals surface area contributed by atoms with Gasteiger partial charge in [0.2, 0.25) is 0 Å². The molecule has 3 rings (SSSR count). The van der Waals surface area contributed by atoms with E-state index < -0.39 is 0 Å². The number of nitrogens with one attached hydrogen (secondary N) is 1. The maximum absolute atomic E-state index is 13.0. The number of rotatable bonds is 5. The number of hydrogen-bond acceptors (Lipinski definition) is 3. The van der Waals surface area contributed by atoms with E-state index in [1.165, 1.54) is 18.2 Å². The molecule has 0 heterocycles. The second-order valence-electron chi connectivity index (χ2n) is 5.67. The van der Waals surface area contributed by atoms with Gasteiger partial charge in [-0.1, -0.05) is 35.9 Å². The Labute approximate surface area is 160 Å². The van der Waals surface area contributed by atoms with Crippen LogP contribution >= 0.6 is 11.6 Å². The number of ether oxygens (including phenoxy) is 1. The molecular formula is C21H14ClFN2O2. The largest absolute Gasteiger partial charge is 0.488 e. The summed E-state index contributed by atoms with van der Waals surface area (Å²) in [5.41, 5.74) is 1.85. The van der Waals surface area contributed by atoms with Gasteiger partial charge in [-0.05, 0) is 48.0 Å². The predicted octanol–water partition coefficient (Wildman–Crippen LogP) is 5.18. The van der Waals surface area contributed by atoms with Crippen molar-refractivity contribution >= 4 is 23.2 Å². The zero-order valence-corrected chi connectivity index (χ0v) is 14.8. The summed E-state index contributed by atoms with van der Waals surface area (Å²) in [7, 11) is 0. The van der Waals surface area contributed by atoms with Crippen LogP contribution in [-0.2, 0) is 6.61 Å². The zero-order chi connectivity index (χ0) is 19.2. The maximum atomic E-state index is 13.0. The fraction of sp³-hybridized carbons (Fsp3) is 0.0476. The van der Waals surface area contributed by atoms with Gasteiger partial charge in [-0.25, -0.2) is 4.39 Å². The number of benzene rings is 3. The number of nitrogens with zero attached hydrogens (tertiary/aromatic N) is 1. The predicted molar refractivity (Wildman–Crippen MR) is 101 cm³/mol. The first-order valence-corrected chi connectivity index (χ1v) is 8.42. The lowest BCUT2D eigenvalue weighted by molar-refractivity contribution is 0.102. The van der Waals surface area contributed by atoms with Crippen LogP contribution in [0.5, 0.6) is 5.75 Å². The van der Waals surface area contributed by atoms with Gasteiger partial charge in [0.1, 0.15) is 24.2 Å². The minimum absolute atomic E-state index is 0.199. The molecule has 0 saturated heterocycles. The maximum Gasteiger partial charge on any atom is 0.259 e. The number of anilines is 1. The smallest absolute Gasteiger partial charge is 0.259 e. The third-order valence-electron chi connectivity index (χ3n) is 3.78. The molecule has 0 spiro atoms. The fourth-order valence-electron chi connectivity index (χ4n) is 2.41. The molecule has 134 valence electrons. The van der Waals surface area contributed by atoms with Gasteiger partial charge >= 0.3 is 0 Å². The van der Waals surface area contributed by atoms with Crippen LogP contribution in [0.2, 0.25) is 5.02 Å². The SMILES string of the molecule is N#Cc1cc(NC(=O)c2ccccc2OCc2ccc(F)cc2)ccc1Cl. The number of carbonyl (C=O) groups is 1. The van der Waals surface area contributed by atoms with Crippen LogP contribution in [-0.4, -0.2) is 5.91 Å². The Bertz CT molecular complexity index is 1010. The Kier molecular flexibility index (Phi) is 5.70. The van der Waals surface area contributed by atoms with Crippen LogP contribution in [0.1, 0.15) is 21.5 Å². The van der Waals surface area contributed by atoms with Crippen LogP contribution in [0.25, 0.3) is 0 Å². The lowest BCUT2D eigenvalue weighted by atomic mass is 10.1. The summed E-state index contributed by atoms with van der Waals surface area (Å²) in [6, 6.07) is 19.4. The summed E-state index contributed by atoms with van der Waals surface area (Å²) in [5.74, 6) is -0.303. The Morgan fingerprint density at radius 3 is 2.59 bits per heavy atom. The van der Waals surface area contributed by atoms with Gasteiger partial charge in [0.15, 0.2) is 0 Å². The summed E-state index contributed by atoms with van der Waals surface area (Å²) < 4.78 is 18.7. The monoisotopic (exact) mass is 380 g/mol. The molecule has 0 aliphatic carbocycles. The van der Waals surface area contributed by atoms with E-state index in [9.17, 15) is 9.18 Å². The number of amides is 1.